The van der Waals surface area contributed by atoms with Crippen molar-refractivity contribution in [2.24, 2.45) is 10.9 Å². The number of thiazole rings is 1. The molecule has 0 aromatic carbocycles. The maximum atomic E-state index is 5.33. The molecule has 1 aliphatic rings. The minimum absolute atomic E-state index is 0. The first kappa shape index (κ1) is 22.6. The van der Waals surface area contributed by atoms with Crippen LogP contribution in [0.1, 0.15) is 36.6 Å². The van der Waals surface area contributed by atoms with Gasteiger partial charge in [0.15, 0.2) is 5.96 Å². The van der Waals surface area contributed by atoms with Crippen LogP contribution in [-0.4, -0.2) is 68.6 Å². The third kappa shape index (κ3) is 6.65. The predicted molar refractivity (Wildman–Crippen MR) is 116 cm³/mol. The molecule has 25 heavy (non-hydrogen) atoms. The number of ether oxygens (including phenoxy) is 1. The topological polar surface area (TPSA) is 53.0 Å². The van der Waals surface area contributed by atoms with Crippen LogP contribution in [0.2, 0.25) is 0 Å². The average molecular weight is 481 g/mol. The second-order valence-corrected chi connectivity index (χ2v) is 7.60. The van der Waals surface area contributed by atoms with Gasteiger partial charge in [-0.3, -0.25) is 4.99 Å². The van der Waals surface area contributed by atoms with Crippen molar-refractivity contribution in [3.8, 4) is 0 Å². The van der Waals surface area contributed by atoms with Gasteiger partial charge in [-0.15, -0.1) is 35.3 Å². The molecule has 2 rings (SSSR count). The number of rotatable bonds is 8. The molecular weight excluding hydrogens is 449 g/mol. The molecule has 0 aliphatic heterocycles. The smallest absolute Gasteiger partial charge is 0.193 e. The van der Waals surface area contributed by atoms with Gasteiger partial charge in [0.25, 0.3) is 0 Å². The summed E-state index contributed by atoms with van der Waals surface area (Å²) in [7, 11) is 9.91. The van der Waals surface area contributed by atoms with Crippen molar-refractivity contribution in [2.75, 3.05) is 41.8 Å². The summed E-state index contributed by atoms with van der Waals surface area (Å²) in [5.74, 6) is 1.74. The number of aliphatic imine (C=N–C) groups is 1. The van der Waals surface area contributed by atoms with Crippen molar-refractivity contribution in [1.82, 2.24) is 20.1 Å². The highest BCUT2D eigenvalue weighted by atomic mass is 127. The first-order valence-corrected chi connectivity index (χ1v) is 9.39. The van der Waals surface area contributed by atoms with Gasteiger partial charge < -0.3 is 19.9 Å². The fraction of sp³-hybridized carbons (Fsp3) is 0.765. The Morgan fingerprint density at radius 1 is 1.44 bits per heavy atom. The van der Waals surface area contributed by atoms with Gasteiger partial charge in [-0.2, -0.15) is 0 Å². The highest BCUT2D eigenvalue weighted by Crippen LogP contribution is 2.34. The first-order chi connectivity index (χ1) is 11.5. The van der Waals surface area contributed by atoms with E-state index in [2.05, 4.69) is 51.6 Å². The average Bonchev–Trinajstić information content (AvgIpc) is 3.28. The van der Waals surface area contributed by atoms with Crippen molar-refractivity contribution >= 4 is 41.3 Å². The van der Waals surface area contributed by atoms with Crippen LogP contribution < -0.4 is 5.32 Å². The molecule has 1 aromatic heterocycles. The predicted octanol–water partition coefficient (Wildman–Crippen LogP) is 2.82. The van der Waals surface area contributed by atoms with Gasteiger partial charge in [0.1, 0.15) is 11.1 Å². The third-order valence-electron chi connectivity index (χ3n) is 4.54. The van der Waals surface area contributed by atoms with Crippen molar-refractivity contribution in [1.29, 1.82) is 0 Å². The molecule has 2 unspecified atom stereocenters. The molecule has 6 nitrogen and oxygen atoms in total. The number of nitrogens with zero attached hydrogens (tertiary/aromatic N) is 4. The SMILES string of the molecule is CN=C(NCC(C1CC1)N(C)C)N(C)Cc1csc(C(C)OC)n1.I. The maximum Gasteiger partial charge on any atom is 0.193 e. The molecule has 1 fully saturated rings. The van der Waals surface area contributed by atoms with Gasteiger partial charge in [-0.05, 0) is 39.8 Å². The normalized spacial score (nSPS) is 17.2. The molecule has 0 saturated heterocycles. The number of guanidine groups is 1. The van der Waals surface area contributed by atoms with Crippen LogP contribution in [-0.2, 0) is 11.3 Å². The molecule has 0 radical (unpaired) electrons. The molecule has 0 spiro atoms. The summed E-state index contributed by atoms with van der Waals surface area (Å²) in [6.45, 7) is 3.69. The zero-order valence-electron chi connectivity index (χ0n) is 16.2. The fourth-order valence-corrected chi connectivity index (χ4v) is 3.67. The van der Waals surface area contributed by atoms with Crippen LogP contribution in [0.3, 0.4) is 0 Å². The molecular formula is C17H32IN5OS. The third-order valence-corrected chi connectivity index (χ3v) is 5.60. The van der Waals surface area contributed by atoms with Crippen molar-refractivity contribution in [3.05, 3.63) is 16.1 Å². The molecule has 8 heteroatoms. The van der Waals surface area contributed by atoms with Crippen LogP contribution in [0.15, 0.2) is 10.4 Å². The Balaban J connectivity index is 0.00000312. The number of hydrogen-bond acceptors (Lipinski definition) is 5. The quantitative estimate of drug-likeness (QED) is 0.352. The minimum Gasteiger partial charge on any atom is -0.375 e. The van der Waals surface area contributed by atoms with Crippen LogP contribution in [0.5, 0.6) is 0 Å². The number of halogens is 1. The summed E-state index contributed by atoms with van der Waals surface area (Å²) in [5.41, 5.74) is 1.05. The van der Waals surface area contributed by atoms with Crippen LogP contribution in [0.25, 0.3) is 0 Å². The molecule has 1 saturated carbocycles. The summed E-state index contributed by atoms with van der Waals surface area (Å²) in [4.78, 5) is 13.5. The summed E-state index contributed by atoms with van der Waals surface area (Å²) in [6.07, 6.45) is 2.74. The van der Waals surface area contributed by atoms with Gasteiger partial charge in [0.05, 0.1) is 12.2 Å². The van der Waals surface area contributed by atoms with E-state index >= 15 is 0 Å². The molecule has 1 aromatic rings. The van der Waals surface area contributed by atoms with E-state index in [0.29, 0.717) is 6.04 Å². The van der Waals surface area contributed by atoms with E-state index < -0.39 is 0 Å². The Morgan fingerprint density at radius 2 is 2.12 bits per heavy atom. The lowest BCUT2D eigenvalue weighted by molar-refractivity contribution is 0.119. The summed E-state index contributed by atoms with van der Waals surface area (Å²) in [5, 5.41) is 6.64. The number of likely N-dealkylation sites (N-methyl/N-ethyl adjacent to an activating group) is 1. The lowest BCUT2D eigenvalue weighted by Gasteiger charge is -2.27. The van der Waals surface area contributed by atoms with Crippen molar-refractivity contribution < 1.29 is 4.74 Å². The lowest BCUT2D eigenvalue weighted by atomic mass is 10.1. The van der Waals surface area contributed by atoms with Crippen molar-refractivity contribution in [3.63, 3.8) is 0 Å². The first-order valence-electron chi connectivity index (χ1n) is 8.51. The highest BCUT2D eigenvalue weighted by molar-refractivity contribution is 14.0. The second-order valence-electron chi connectivity index (χ2n) is 6.71. The molecule has 0 bridgehead atoms. The largest absolute Gasteiger partial charge is 0.375 e. The zero-order chi connectivity index (χ0) is 17.7. The van der Waals surface area contributed by atoms with Gasteiger partial charge in [0, 0.05) is 39.2 Å². The Morgan fingerprint density at radius 3 is 2.64 bits per heavy atom. The Bertz CT molecular complexity index is 545. The van der Waals surface area contributed by atoms with Crippen LogP contribution in [0, 0.1) is 5.92 Å². The lowest BCUT2D eigenvalue weighted by Crippen LogP contribution is -2.46. The standard InChI is InChI=1S/C17H31N5OS.HI/c1-12(23-6)16-20-14(11-24-16)10-22(5)17(18-2)19-9-15(21(3)4)13-7-8-13;/h11-13,15H,7-10H2,1-6H3,(H,18,19);1H. The molecule has 144 valence electrons. The van der Waals surface area contributed by atoms with Gasteiger partial charge in [-0.25, -0.2) is 4.98 Å². The van der Waals surface area contributed by atoms with E-state index in [9.17, 15) is 0 Å². The summed E-state index contributed by atoms with van der Waals surface area (Å²) in [6, 6.07) is 0.573. The maximum absolute atomic E-state index is 5.33. The molecule has 1 aliphatic carbocycles. The van der Waals surface area contributed by atoms with Gasteiger partial charge in [-0.1, -0.05) is 0 Å². The second kappa shape index (κ2) is 10.6. The number of aromatic nitrogens is 1. The molecule has 1 heterocycles. The van der Waals surface area contributed by atoms with Crippen LogP contribution >= 0.6 is 35.3 Å². The van der Waals surface area contributed by atoms with E-state index in [-0.39, 0.29) is 30.1 Å². The molecule has 1 N–H and O–H groups in total. The number of hydrogen-bond donors (Lipinski definition) is 1. The van der Waals surface area contributed by atoms with E-state index in [1.807, 2.05) is 14.0 Å². The highest BCUT2D eigenvalue weighted by Gasteiger charge is 2.32. The van der Waals surface area contributed by atoms with E-state index in [1.165, 1.54) is 12.8 Å². The van der Waals surface area contributed by atoms with Crippen molar-refractivity contribution in [2.45, 2.75) is 38.5 Å². The summed E-state index contributed by atoms with van der Waals surface area (Å²) < 4.78 is 5.33. The fourth-order valence-electron chi connectivity index (χ4n) is 2.83. The minimum atomic E-state index is 0. The number of methoxy groups -OCH3 is 1. The van der Waals surface area contributed by atoms with Crippen LogP contribution in [0.4, 0.5) is 0 Å². The number of nitrogens with one attached hydrogen (secondary N) is 1. The monoisotopic (exact) mass is 481 g/mol. The van der Waals surface area contributed by atoms with E-state index in [0.717, 1.165) is 35.7 Å². The summed E-state index contributed by atoms with van der Waals surface area (Å²) >= 11 is 1.65. The Kier molecular flexibility index (Phi) is 9.61. The Hall–Kier alpha value is -0.450. The molecule has 0 amide bonds. The van der Waals surface area contributed by atoms with E-state index in [4.69, 9.17) is 4.74 Å². The Labute approximate surface area is 173 Å². The van der Waals surface area contributed by atoms with Gasteiger partial charge in [0.2, 0.25) is 0 Å². The van der Waals surface area contributed by atoms with E-state index in [1.54, 1.807) is 18.4 Å². The zero-order valence-corrected chi connectivity index (χ0v) is 19.3. The van der Waals surface area contributed by atoms with Gasteiger partial charge >= 0.3 is 0 Å². The molecule has 2 atom stereocenters.